The Morgan fingerprint density at radius 1 is 1.80 bits per heavy atom. The molecule has 0 aromatic heterocycles. The molecule has 0 aromatic carbocycles. The van der Waals surface area contributed by atoms with Crippen molar-refractivity contribution < 1.29 is 24.0 Å². The van der Waals surface area contributed by atoms with Gasteiger partial charge in [-0.1, -0.05) is 6.92 Å². The maximum Gasteiger partial charge on any atom is 1.00 e. The smallest absolute Gasteiger partial charge is 0.855 e. The van der Waals surface area contributed by atoms with E-state index in [1.54, 1.807) is 0 Å². The molecule has 0 aliphatic carbocycles. The van der Waals surface area contributed by atoms with Gasteiger partial charge in [-0.2, -0.15) is 0 Å². The van der Waals surface area contributed by atoms with E-state index in [0.29, 0.717) is 0 Å². The van der Waals surface area contributed by atoms with Crippen LogP contribution in [0.15, 0.2) is 0 Å². The van der Waals surface area contributed by atoms with E-state index in [0.717, 1.165) is 0 Å². The molecular weight excluding hydrogens is 75.0 g/mol. The Kier molecular flexibility index (Phi) is 8.82. The minimum atomic E-state index is -0.611. The molecule has 0 saturated carbocycles. The summed E-state index contributed by atoms with van der Waals surface area (Å²) in [5.74, 6) is 0. The molecule has 0 heterocycles. The van der Waals surface area contributed by atoms with Crippen molar-refractivity contribution >= 4 is 10.2 Å². The summed E-state index contributed by atoms with van der Waals surface area (Å²) in [4.78, 5) is 0. The van der Waals surface area contributed by atoms with E-state index in [9.17, 15) is 5.11 Å². The SMILES string of the molecule is CC([O-])[Si].[Li+]. The van der Waals surface area contributed by atoms with Crippen molar-refractivity contribution in [1.82, 2.24) is 0 Å². The van der Waals surface area contributed by atoms with Crippen LogP contribution in [0, 0.1) is 0 Å². The van der Waals surface area contributed by atoms with Gasteiger partial charge in [0.2, 0.25) is 0 Å². The second kappa shape index (κ2) is 4.77. The first-order valence-corrected chi connectivity index (χ1v) is 1.68. The van der Waals surface area contributed by atoms with E-state index >= 15 is 0 Å². The van der Waals surface area contributed by atoms with Crippen molar-refractivity contribution in [2.24, 2.45) is 0 Å². The standard InChI is InChI=1S/C2H4OSi.Li/c1-2(3)4;/h2H,1H3;/q-1;+1. The summed E-state index contributed by atoms with van der Waals surface area (Å²) < 4.78 is 0. The van der Waals surface area contributed by atoms with Crippen molar-refractivity contribution in [1.29, 1.82) is 0 Å². The predicted octanol–water partition coefficient (Wildman–Crippen LogP) is -4.13. The van der Waals surface area contributed by atoms with Gasteiger partial charge in [-0.15, -0.1) is 5.73 Å². The molecule has 0 aliphatic heterocycles. The number of hydrogen-bond acceptors (Lipinski definition) is 1. The third kappa shape index (κ3) is 61.3. The average Bonchev–Trinajstić information content (AvgIpc) is 0.811. The minimum absolute atomic E-state index is 0. The van der Waals surface area contributed by atoms with Gasteiger partial charge in [0, 0.05) is 10.2 Å². The Hall–Kier alpha value is 0.774. The number of rotatable bonds is 0. The zero-order valence-corrected chi connectivity index (χ0v) is 4.49. The Bertz CT molecular complexity index is 14.4. The third-order valence-electron chi connectivity index (χ3n) is 0. The Morgan fingerprint density at radius 3 is 1.80 bits per heavy atom. The van der Waals surface area contributed by atoms with E-state index in [1.807, 2.05) is 0 Å². The maximum atomic E-state index is 9.44. The van der Waals surface area contributed by atoms with Crippen LogP contribution in [0.4, 0.5) is 0 Å². The van der Waals surface area contributed by atoms with E-state index in [1.165, 1.54) is 6.92 Å². The fourth-order valence-electron chi connectivity index (χ4n) is 0. The Labute approximate surface area is 47.4 Å². The monoisotopic (exact) mass is 79.0 g/mol. The van der Waals surface area contributed by atoms with Crippen LogP contribution >= 0.6 is 0 Å². The van der Waals surface area contributed by atoms with Gasteiger partial charge in [-0.25, -0.2) is 0 Å². The van der Waals surface area contributed by atoms with Crippen LogP contribution in [-0.4, -0.2) is 16.0 Å². The van der Waals surface area contributed by atoms with Gasteiger partial charge in [-0.3, -0.25) is 0 Å². The third-order valence-corrected chi connectivity index (χ3v) is 0. The molecular formula is C2H4LiOSi. The molecule has 0 aliphatic rings. The maximum absolute atomic E-state index is 9.44. The van der Waals surface area contributed by atoms with Crippen LogP contribution in [0.3, 0.4) is 0 Å². The second-order valence-electron chi connectivity index (χ2n) is 0.642. The van der Waals surface area contributed by atoms with Gasteiger partial charge in [-0.05, 0) is 0 Å². The van der Waals surface area contributed by atoms with Crippen LogP contribution in [0.5, 0.6) is 0 Å². The van der Waals surface area contributed by atoms with Crippen LogP contribution in [0.2, 0.25) is 0 Å². The van der Waals surface area contributed by atoms with E-state index in [2.05, 4.69) is 10.2 Å². The minimum Gasteiger partial charge on any atom is -0.855 e. The van der Waals surface area contributed by atoms with Gasteiger partial charge in [0.15, 0.2) is 0 Å². The summed E-state index contributed by atoms with van der Waals surface area (Å²) in [5.41, 5.74) is -0.611. The zero-order chi connectivity index (χ0) is 3.58. The van der Waals surface area contributed by atoms with Crippen LogP contribution in [0.1, 0.15) is 6.92 Å². The van der Waals surface area contributed by atoms with Crippen molar-refractivity contribution in [3.63, 3.8) is 0 Å². The van der Waals surface area contributed by atoms with Crippen LogP contribution < -0.4 is 24.0 Å². The Balaban J connectivity index is 0. The van der Waals surface area contributed by atoms with Crippen molar-refractivity contribution in [3.8, 4) is 0 Å². The van der Waals surface area contributed by atoms with Crippen molar-refractivity contribution in [2.45, 2.75) is 12.7 Å². The molecule has 0 N–H and O–H groups in total. The van der Waals surface area contributed by atoms with Gasteiger partial charge in [0.1, 0.15) is 0 Å². The van der Waals surface area contributed by atoms with E-state index < -0.39 is 5.73 Å². The van der Waals surface area contributed by atoms with E-state index in [4.69, 9.17) is 0 Å². The molecule has 23 valence electrons. The van der Waals surface area contributed by atoms with Gasteiger partial charge < -0.3 is 5.11 Å². The van der Waals surface area contributed by atoms with Gasteiger partial charge in [0.05, 0.1) is 0 Å². The normalized spacial score (nSPS) is 12.6. The zero-order valence-electron chi connectivity index (χ0n) is 3.49. The summed E-state index contributed by atoms with van der Waals surface area (Å²) in [6.07, 6.45) is 0. The molecule has 0 spiro atoms. The van der Waals surface area contributed by atoms with Gasteiger partial charge in [0.25, 0.3) is 0 Å². The first kappa shape index (κ1) is 9.24. The molecule has 5 heavy (non-hydrogen) atoms. The van der Waals surface area contributed by atoms with Crippen LogP contribution in [-0.2, 0) is 0 Å². The summed E-state index contributed by atoms with van der Waals surface area (Å²) in [6.45, 7) is 1.52. The summed E-state index contributed by atoms with van der Waals surface area (Å²) in [6, 6.07) is 0. The predicted molar refractivity (Wildman–Crippen MR) is 15.2 cm³/mol. The van der Waals surface area contributed by atoms with Gasteiger partial charge >= 0.3 is 18.9 Å². The van der Waals surface area contributed by atoms with Crippen molar-refractivity contribution in [2.75, 3.05) is 0 Å². The molecule has 0 amide bonds. The second-order valence-corrected chi connectivity index (χ2v) is 1.46. The van der Waals surface area contributed by atoms with Crippen LogP contribution in [0.25, 0.3) is 0 Å². The summed E-state index contributed by atoms with van der Waals surface area (Å²) in [5, 5.41) is 9.44. The topological polar surface area (TPSA) is 23.1 Å². The summed E-state index contributed by atoms with van der Waals surface area (Å²) >= 11 is 0. The van der Waals surface area contributed by atoms with Crippen molar-refractivity contribution in [3.05, 3.63) is 0 Å². The molecule has 1 atom stereocenters. The molecule has 1 unspecified atom stereocenters. The fraction of sp³-hybridized carbons (Fsp3) is 1.00. The molecule has 1 nitrogen and oxygen atoms in total. The average molecular weight is 79.1 g/mol. The Morgan fingerprint density at radius 2 is 1.80 bits per heavy atom. The largest absolute Gasteiger partial charge is 1.00 e. The molecule has 0 rings (SSSR count). The fourth-order valence-corrected chi connectivity index (χ4v) is 0. The van der Waals surface area contributed by atoms with E-state index in [-0.39, 0.29) is 18.9 Å². The molecule has 3 heteroatoms. The first-order valence-electron chi connectivity index (χ1n) is 1.10. The molecule has 0 aromatic rings. The quantitative estimate of drug-likeness (QED) is 0.270. The molecule has 0 fully saturated rings. The number of hydrogen-bond donors (Lipinski definition) is 0. The molecule has 3 radical (unpaired) electrons. The summed E-state index contributed by atoms with van der Waals surface area (Å²) in [7, 11) is 2.76. The molecule has 0 bridgehead atoms. The molecule has 0 saturated heterocycles. The first-order chi connectivity index (χ1) is 1.73.